The van der Waals surface area contributed by atoms with Gasteiger partial charge < -0.3 is 10.8 Å². The second kappa shape index (κ2) is 7.73. The molecule has 0 saturated heterocycles. The van der Waals surface area contributed by atoms with E-state index in [-0.39, 0.29) is 11.4 Å². The van der Waals surface area contributed by atoms with Gasteiger partial charge in [-0.15, -0.1) is 6.58 Å². The van der Waals surface area contributed by atoms with Crippen molar-refractivity contribution in [3.05, 3.63) is 42.9 Å². The van der Waals surface area contributed by atoms with Crippen LogP contribution in [0.4, 0.5) is 19.3 Å². The van der Waals surface area contributed by atoms with Gasteiger partial charge in [0.25, 0.3) is 0 Å². The summed E-state index contributed by atoms with van der Waals surface area (Å²) < 4.78 is 27.0. The number of carboxylic acid groups (broad SMARTS) is 1. The van der Waals surface area contributed by atoms with Gasteiger partial charge in [-0.25, -0.2) is 9.48 Å². The smallest absolute Gasteiger partial charge is 0.408 e. The molecule has 0 bridgehead atoms. The van der Waals surface area contributed by atoms with Crippen LogP contribution >= 0.6 is 0 Å². The van der Waals surface area contributed by atoms with Crippen LogP contribution in [0.25, 0.3) is 11.3 Å². The summed E-state index contributed by atoms with van der Waals surface area (Å²) in [6.07, 6.45) is 3.38. The van der Waals surface area contributed by atoms with E-state index in [9.17, 15) is 18.7 Å². The maximum Gasteiger partial charge on any atom is 0.408 e. The van der Waals surface area contributed by atoms with Gasteiger partial charge >= 0.3 is 12.6 Å². The fourth-order valence-corrected chi connectivity index (χ4v) is 3.00. The van der Waals surface area contributed by atoms with E-state index in [1.165, 1.54) is 17.2 Å². The number of nitrogens with two attached hydrogens (primary N) is 1. The number of halogens is 2. The minimum atomic E-state index is -2.86. The van der Waals surface area contributed by atoms with Gasteiger partial charge in [0, 0.05) is 17.3 Å². The molecule has 2 aromatic rings. The Bertz CT molecular complexity index is 829. The lowest BCUT2D eigenvalue weighted by Gasteiger charge is -2.39. The van der Waals surface area contributed by atoms with Crippen LogP contribution in [0, 0.1) is 0 Å². The van der Waals surface area contributed by atoms with Crippen molar-refractivity contribution in [2.75, 3.05) is 5.73 Å². The van der Waals surface area contributed by atoms with E-state index in [4.69, 9.17) is 5.73 Å². The Kier molecular flexibility index (Phi) is 5.82. The molecule has 3 N–H and O–H groups in total. The second-order valence-corrected chi connectivity index (χ2v) is 7.00. The van der Waals surface area contributed by atoms with Crippen molar-refractivity contribution in [3.8, 4) is 11.3 Å². The quantitative estimate of drug-likeness (QED) is 0.729. The van der Waals surface area contributed by atoms with E-state index in [1.807, 2.05) is 0 Å². The Labute approximate surface area is 156 Å². The first-order chi connectivity index (χ1) is 12.6. The first-order valence-corrected chi connectivity index (χ1v) is 8.28. The second-order valence-electron chi connectivity index (χ2n) is 7.00. The number of pyridine rings is 1. The minimum Gasteiger partial charge on any atom is -0.465 e. The molecule has 0 aromatic carbocycles. The molecule has 0 aliphatic rings. The molecule has 0 saturated carbocycles. The Hall–Kier alpha value is -2.97. The number of aromatic nitrogens is 3. The summed E-state index contributed by atoms with van der Waals surface area (Å²) in [6, 6.07) is 2.45. The summed E-state index contributed by atoms with van der Waals surface area (Å²) in [7, 11) is 0. The van der Waals surface area contributed by atoms with Gasteiger partial charge in [0.15, 0.2) is 0 Å². The Morgan fingerprint density at radius 2 is 2.15 bits per heavy atom. The first kappa shape index (κ1) is 20.3. The van der Waals surface area contributed by atoms with Crippen molar-refractivity contribution in [1.29, 1.82) is 0 Å². The van der Waals surface area contributed by atoms with Crippen LogP contribution in [0.3, 0.4) is 0 Å². The van der Waals surface area contributed by atoms with Crippen LogP contribution < -0.4 is 5.73 Å². The molecule has 9 heteroatoms. The standard InChI is InChI=1S/C18H23F2N5O2/c1-5-6-14(24(17(26)27)18(2,3)4)13-9-11(7-8-22-13)15-12(21)10-23-25(15)16(19)20/h5,7-10,14,16H,1,6,21H2,2-4H3,(H,26,27)/t14-/m0/s1. The van der Waals surface area contributed by atoms with Crippen LogP contribution in [0.5, 0.6) is 0 Å². The molecule has 0 unspecified atom stereocenters. The van der Waals surface area contributed by atoms with Gasteiger partial charge in [-0.05, 0) is 39.3 Å². The van der Waals surface area contributed by atoms with Gasteiger partial charge in [-0.1, -0.05) is 6.08 Å². The number of nitrogens with zero attached hydrogens (tertiary/aromatic N) is 4. The van der Waals surface area contributed by atoms with E-state index in [2.05, 4.69) is 16.7 Å². The highest BCUT2D eigenvalue weighted by molar-refractivity contribution is 5.73. The number of amides is 1. The van der Waals surface area contributed by atoms with E-state index < -0.39 is 24.2 Å². The van der Waals surface area contributed by atoms with Crippen LogP contribution in [0.2, 0.25) is 0 Å². The average molecular weight is 379 g/mol. The van der Waals surface area contributed by atoms with E-state index in [0.717, 1.165) is 6.20 Å². The summed E-state index contributed by atoms with van der Waals surface area (Å²) in [5, 5.41) is 13.3. The van der Waals surface area contributed by atoms with Crippen LogP contribution in [0.1, 0.15) is 45.5 Å². The number of anilines is 1. The summed E-state index contributed by atoms with van der Waals surface area (Å²) in [5.74, 6) is 0. The monoisotopic (exact) mass is 379 g/mol. The summed E-state index contributed by atoms with van der Waals surface area (Å²) in [4.78, 5) is 17.4. The molecule has 0 spiro atoms. The third kappa shape index (κ3) is 4.24. The van der Waals surface area contributed by atoms with Crippen LogP contribution in [0.15, 0.2) is 37.2 Å². The highest BCUT2D eigenvalue weighted by atomic mass is 19.3. The van der Waals surface area contributed by atoms with E-state index in [0.29, 0.717) is 22.4 Å². The lowest BCUT2D eigenvalue weighted by atomic mass is 9.98. The zero-order valence-corrected chi connectivity index (χ0v) is 15.4. The molecule has 7 nitrogen and oxygen atoms in total. The van der Waals surface area contributed by atoms with Gasteiger partial charge in [0.05, 0.1) is 29.3 Å². The van der Waals surface area contributed by atoms with Crippen molar-refractivity contribution in [2.45, 2.75) is 45.3 Å². The first-order valence-electron chi connectivity index (χ1n) is 8.28. The van der Waals surface area contributed by atoms with Gasteiger partial charge in [-0.3, -0.25) is 9.88 Å². The number of rotatable bonds is 6. The van der Waals surface area contributed by atoms with E-state index in [1.54, 1.807) is 32.9 Å². The predicted octanol–water partition coefficient (Wildman–Crippen LogP) is 4.32. The molecule has 2 aromatic heterocycles. The molecule has 2 heterocycles. The Morgan fingerprint density at radius 1 is 1.48 bits per heavy atom. The lowest BCUT2D eigenvalue weighted by Crippen LogP contribution is -2.47. The average Bonchev–Trinajstić information content (AvgIpc) is 2.95. The van der Waals surface area contributed by atoms with Crippen LogP contribution in [-0.4, -0.2) is 36.4 Å². The molecule has 146 valence electrons. The molecule has 0 fully saturated rings. The van der Waals surface area contributed by atoms with Gasteiger partial charge in [0.1, 0.15) is 0 Å². The Balaban J connectivity index is 2.58. The molecule has 1 atom stereocenters. The molecule has 0 radical (unpaired) electrons. The SMILES string of the molecule is C=CC[C@@H](c1cc(-c2c(N)cnn2C(F)F)ccn1)N(C(=O)O)C(C)(C)C. The third-order valence-electron chi connectivity index (χ3n) is 4.03. The topological polar surface area (TPSA) is 97.3 Å². The maximum absolute atomic E-state index is 13.2. The molecule has 0 aliphatic carbocycles. The molecule has 1 amide bonds. The summed E-state index contributed by atoms with van der Waals surface area (Å²) in [6.45, 7) is 6.14. The largest absolute Gasteiger partial charge is 0.465 e. The summed E-state index contributed by atoms with van der Waals surface area (Å²) >= 11 is 0. The fraction of sp³-hybridized carbons (Fsp3) is 0.389. The molecule has 27 heavy (non-hydrogen) atoms. The highest BCUT2D eigenvalue weighted by Gasteiger charge is 2.34. The number of alkyl halides is 2. The van der Waals surface area contributed by atoms with Gasteiger partial charge in [-0.2, -0.15) is 13.9 Å². The summed E-state index contributed by atoms with van der Waals surface area (Å²) in [5.41, 5.74) is 6.05. The van der Waals surface area contributed by atoms with Crippen molar-refractivity contribution < 1.29 is 18.7 Å². The highest BCUT2D eigenvalue weighted by Crippen LogP contribution is 2.34. The van der Waals surface area contributed by atoms with Crippen LogP contribution in [-0.2, 0) is 0 Å². The normalized spacial score (nSPS) is 12.8. The zero-order chi connectivity index (χ0) is 20.4. The van der Waals surface area contributed by atoms with E-state index >= 15 is 0 Å². The zero-order valence-electron chi connectivity index (χ0n) is 15.4. The van der Waals surface area contributed by atoms with Crippen molar-refractivity contribution in [1.82, 2.24) is 19.7 Å². The van der Waals surface area contributed by atoms with Crippen molar-refractivity contribution in [2.24, 2.45) is 0 Å². The number of hydrogen-bond donors (Lipinski definition) is 2. The maximum atomic E-state index is 13.2. The fourth-order valence-electron chi connectivity index (χ4n) is 3.00. The minimum absolute atomic E-state index is 0.0589. The molecular weight excluding hydrogens is 356 g/mol. The van der Waals surface area contributed by atoms with Crippen molar-refractivity contribution >= 4 is 11.8 Å². The molecule has 0 aliphatic heterocycles. The number of nitrogen functional groups attached to an aromatic ring is 1. The predicted molar refractivity (Wildman–Crippen MR) is 98.3 cm³/mol. The number of carbonyl (C=O) groups is 1. The van der Waals surface area contributed by atoms with Gasteiger partial charge in [0.2, 0.25) is 0 Å². The number of hydrogen-bond acceptors (Lipinski definition) is 4. The molecular formula is C18H23F2N5O2. The van der Waals surface area contributed by atoms with Crippen molar-refractivity contribution in [3.63, 3.8) is 0 Å². The molecule has 2 rings (SSSR count). The lowest BCUT2D eigenvalue weighted by molar-refractivity contribution is 0.0585. The Morgan fingerprint density at radius 3 is 2.67 bits per heavy atom. The third-order valence-corrected chi connectivity index (χ3v) is 4.03.